The molecule has 40 heavy (non-hydrogen) atoms. The summed E-state index contributed by atoms with van der Waals surface area (Å²) in [5, 5.41) is 26.1. The van der Waals surface area contributed by atoms with Gasteiger partial charge in [0.25, 0.3) is 0 Å². The van der Waals surface area contributed by atoms with Crippen molar-refractivity contribution in [3.05, 3.63) is 71.0 Å². The molecule has 1 aliphatic rings. The number of carboxylic acid groups (broad SMARTS) is 1. The molecule has 3 amide bonds. The highest BCUT2D eigenvalue weighted by Gasteiger charge is 2.31. The predicted octanol–water partition coefficient (Wildman–Crippen LogP) is 2.63. The molecule has 3 N–H and O–H groups in total. The second-order valence-corrected chi connectivity index (χ2v) is 9.47. The van der Waals surface area contributed by atoms with Crippen LogP contribution in [0.5, 0.6) is 0 Å². The number of nitrogens with one attached hydrogen (secondary N) is 2. The van der Waals surface area contributed by atoms with Gasteiger partial charge >= 0.3 is 12.1 Å². The topological polar surface area (TPSA) is 169 Å². The Balaban J connectivity index is 1.49. The number of nitrogens with zero attached hydrogens (tertiary/aromatic N) is 5. The van der Waals surface area contributed by atoms with E-state index in [1.165, 1.54) is 54.5 Å². The quantitative estimate of drug-likeness (QED) is 0.329. The number of hydrogen-bond acceptors (Lipinski definition) is 8. The van der Waals surface area contributed by atoms with E-state index < -0.39 is 29.9 Å². The van der Waals surface area contributed by atoms with E-state index in [-0.39, 0.29) is 17.9 Å². The number of amides is 3. The molecule has 0 radical (unpaired) electrons. The zero-order chi connectivity index (χ0) is 28.6. The van der Waals surface area contributed by atoms with E-state index in [9.17, 15) is 19.2 Å². The van der Waals surface area contributed by atoms with Gasteiger partial charge in [0.2, 0.25) is 11.8 Å². The highest BCUT2D eigenvalue weighted by Crippen LogP contribution is 2.23. The summed E-state index contributed by atoms with van der Waals surface area (Å²) in [6.07, 6.45) is 4.66. The fraction of sp³-hybridized carbons (Fsp3) is 0.269. The first-order chi connectivity index (χ1) is 19.2. The molecule has 1 aromatic heterocycles. The zero-order valence-corrected chi connectivity index (χ0v) is 22.1. The van der Waals surface area contributed by atoms with Crippen LogP contribution in [-0.4, -0.2) is 80.3 Å². The second-order valence-electron chi connectivity index (χ2n) is 9.03. The van der Waals surface area contributed by atoms with Crippen LogP contribution < -0.4 is 10.6 Å². The first kappa shape index (κ1) is 28.2. The van der Waals surface area contributed by atoms with Crippen LogP contribution in [0.3, 0.4) is 0 Å². The molecular formula is C26H26ClN7O6. The number of aromatic carboxylic acids is 1. The summed E-state index contributed by atoms with van der Waals surface area (Å²) >= 11 is 6.15. The van der Waals surface area contributed by atoms with Gasteiger partial charge in [-0.1, -0.05) is 11.6 Å². The SMILES string of the molecule is COC(=O)N1CCC(C[C@H](NC(=O)/C=C/c2cc(Cl)ccc2-n2cnnn2)C(=O)Nc2ccc(C(=O)O)cc2)C1. The van der Waals surface area contributed by atoms with Gasteiger partial charge in [0.05, 0.1) is 18.4 Å². The monoisotopic (exact) mass is 567 g/mol. The van der Waals surface area contributed by atoms with E-state index in [2.05, 4.69) is 26.2 Å². The molecule has 4 rings (SSSR count). The molecule has 1 aliphatic heterocycles. The molecule has 0 aliphatic carbocycles. The zero-order valence-electron chi connectivity index (χ0n) is 21.4. The summed E-state index contributed by atoms with van der Waals surface area (Å²) < 4.78 is 6.21. The first-order valence-electron chi connectivity index (χ1n) is 12.2. The number of anilines is 1. The van der Waals surface area contributed by atoms with E-state index in [0.717, 1.165) is 0 Å². The van der Waals surface area contributed by atoms with Crippen LogP contribution in [0.15, 0.2) is 54.9 Å². The fourth-order valence-electron chi connectivity index (χ4n) is 4.33. The van der Waals surface area contributed by atoms with Crippen LogP contribution in [0.1, 0.15) is 28.8 Å². The Morgan fingerprint density at radius 3 is 2.65 bits per heavy atom. The predicted molar refractivity (Wildman–Crippen MR) is 144 cm³/mol. The van der Waals surface area contributed by atoms with Gasteiger partial charge < -0.3 is 25.4 Å². The molecule has 2 atom stereocenters. The van der Waals surface area contributed by atoms with Crippen LogP contribution in [-0.2, 0) is 14.3 Å². The molecule has 0 bridgehead atoms. The number of carbonyl (C=O) groups excluding carboxylic acids is 3. The van der Waals surface area contributed by atoms with Crippen LogP contribution in [0.2, 0.25) is 5.02 Å². The number of carboxylic acids is 1. The lowest BCUT2D eigenvalue weighted by Gasteiger charge is -2.21. The number of rotatable bonds is 9. The van der Waals surface area contributed by atoms with Gasteiger partial charge in [-0.2, -0.15) is 4.68 Å². The van der Waals surface area contributed by atoms with Crippen molar-refractivity contribution in [2.45, 2.75) is 18.9 Å². The summed E-state index contributed by atoms with van der Waals surface area (Å²) in [4.78, 5) is 50.8. The van der Waals surface area contributed by atoms with Crippen molar-refractivity contribution in [1.82, 2.24) is 30.4 Å². The number of carbonyl (C=O) groups is 4. The molecule has 1 saturated heterocycles. The van der Waals surface area contributed by atoms with Crippen LogP contribution in [0, 0.1) is 5.92 Å². The van der Waals surface area contributed by atoms with Crippen molar-refractivity contribution < 1.29 is 29.0 Å². The van der Waals surface area contributed by atoms with Gasteiger partial charge in [-0.15, -0.1) is 5.10 Å². The van der Waals surface area contributed by atoms with Crippen molar-refractivity contribution in [3.63, 3.8) is 0 Å². The third kappa shape index (κ3) is 7.20. The molecule has 14 heteroatoms. The number of likely N-dealkylation sites (tertiary alicyclic amines) is 1. The van der Waals surface area contributed by atoms with E-state index in [1.54, 1.807) is 23.1 Å². The molecule has 13 nitrogen and oxygen atoms in total. The Labute approximate surface area is 233 Å². The minimum Gasteiger partial charge on any atom is -0.478 e. The molecule has 1 fully saturated rings. The minimum atomic E-state index is -1.09. The highest BCUT2D eigenvalue weighted by molar-refractivity contribution is 6.30. The van der Waals surface area contributed by atoms with Crippen molar-refractivity contribution in [3.8, 4) is 5.69 Å². The van der Waals surface area contributed by atoms with Gasteiger partial charge in [-0.3, -0.25) is 9.59 Å². The lowest BCUT2D eigenvalue weighted by Crippen LogP contribution is -2.44. The second kappa shape index (κ2) is 12.8. The van der Waals surface area contributed by atoms with E-state index >= 15 is 0 Å². The molecule has 2 heterocycles. The number of tetrazole rings is 1. The van der Waals surface area contributed by atoms with Gasteiger partial charge in [-0.25, -0.2) is 9.59 Å². The molecule has 208 valence electrons. The van der Waals surface area contributed by atoms with Gasteiger partial charge in [0.15, 0.2) is 0 Å². The number of halogens is 1. The van der Waals surface area contributed by atoms with E-state index in [0.29, 0.717) is 41.5 Å². The summed E-state index contributed by atoms with van der Waals surface area (Å²) in [6.45, 7) is 0.859. The number of methoxy groups -OCH3 is 1. The summed E-state index contributed by atoms with van der Waals surface area (Å²) in [6, 6.07) is 9.74. The maximum absolute atomic E-state index is 13.2. The van der Waals surface area contributed by atoms with Crippen molar-refractivity contribution in [2.24, 2.45) is 5.92 Å². The lowest BCUT2D eigenvalue weighted by atomic mass is 9.98. The number of ether oxygens (including phenoxy) is 1. The highest BCUT2D eigenvalue weighted by atomic mass is 35.5. The lowest BCUT2D eigenvalue weighted by molar-refractivity contribution is -0.124. The Hall–Kier alpha value is -4.78. The third-order valence-corrected chi connectivity index (χ3v) is 6.55. The van der Waals surface area contributed by atoms with E-state index in [4.69, 9.17) is 21.4 Å². The Kier molecular flexibility index (Phi) is 9.07. The van der Waals surface area contributed by atoms with Gasteiger partial charge in [0, 0.05) is 35.4 Å². The molecule has 0 saturated carbocycles. The number of hydrogen-bond donors (Lipinski definition) is 3. The number of benzene rings is 2. The molecule has 2 aromatic carbocycles. The Morgan fingerprint density at radius 2 is 1.98 bits per heavy atom. The normalized spacial score (nSPS) is 15.6. The van der Waals surface area contributed by atoms with Gasteiger partial charge in [-0.05, 0) is 77.7 Å². The molecule has 0 spiro atoms. The maximum Gasteiger partial charge on any atom is 0.409 e. The van der Waals surface area contributed by atoms with Gasteiger partial charge in [0.1, 0.15) is 12.4 Å². The Bertz CT molecular complexity index is 1410. The average Bonchev–Trinajstić information content (AvgIpc) is 3.64. The summed E-state index contributed by atoms with van der Waals surface area (Å²) in [7, 11) is 1.30. The van der Waals surface area contributed by atoms with Crippen LogP contribution >= 0.6 is 11.6 Å². The fourth-order valence-corrected chi connectivity index (χ4v) is 4.52. The summed E-state index contributed by atoms with van der Waals surface area (Å²) in [5.41, 5.74) is 1.60. The number of aromatic nitrogens is 4. The average molecular weight is 568 g/mol. The standard InChI is InChI=1S/C26H26ClN7O6/c1-40-26(39)33-11-10-16(14-33)12-21(24(36)29-20-6-2-17(3-7-20)25(37)38)30-23(35)9-4-18-13-19(27)5-8-22(18)34-15-28-31-32-34/h2-9,13,15-16,21H,10-12,14H2,1H3,(H,29,36)(H,30,35)(H,37,38)/b9-4+/t16?,21-/m0/s1. The van der Waals surface area contributed by atoms with Crippen LogP contribution in [0.4, 0.5) is 10.5 Å². The largest absolute Gasteiger partial charge is 0.478 e. The smallest absolute Gasteiger partial charge is 0.409 e. The van der Waals surface area contributed by atoms with Crippen molar-refractivity contribution in [1.29, 1.82) is 0 Å². The maximum atomic E-state index is 13.2. The third-order valence-electron chi connectivity index (χ3n) is 6.32. The Morgan fingerprint density at radius 1 is 1.20 bits per heavy atom. The van der Waals surface area contributed by atoms with Crippen molar-refractivity contribution in [2.75, 3.05) is 25.5 Å². The minimum absolute atomic E-state index is 0.0622. The molecule has 3 aromatic rings. The first-order valence-corrected chi connectivity index (χ1v) is 12.6. The van der Waals surface area contributed by atoms with E-state index in [1.807, 2.05) is 0 Å². The molecule has 1 unspecified atom stereocenters. The summed E-state index contributed by atoms with van der Waals surface area (Å²) in [5.74, 6) is -2.17. The van der Waals surface area contributed by atoms with Crippen molar-refractivity contribution >= 4 is 47.2 Å². The molecular weight excluding hydrogens is 542 g/mol. The van der Waals surface area contributed by atoms with Crippen LogP contribution in [0.25, 0.3) is 11.8 Å².